The number of pyridine rings is 2. The summed E-state index contributed by atoms with van der Waals surface area (Å²) in [6, 6.07) is 4.93. The largest absolute Gasteiger partial charge is 0.370 e. The summed E-state index contributed by atoms with van der Waals surface area (Å²) < 4.78 is 6.50. The van der Waals surface area contributed by atoms with Gasteiger partial charge in [-0.05, 0) is 63.6 Å². The van der Waals surface area contributed by atoms with Crippen molar-refractivity contribution in [1.29, 1.82) is 0 Å². The molecule has 2 aromatic heterocycles. The number of hydrogen-bond donors (Lipinski definition) is 2. The molecule has 2 N–H and O–H groups in total. The number of nitrogens with one attached hydrogen (secondary N) is 2. The molecule has 1 spiro atoms. The molecule has 40 heavy (non-hydrogen) atoms. The van der Waals surface area contributed by atoms with E-state index < -0.39 is 0 Å². The van der Waals surface area contributed by atoms with Crippen LogP contribution in [0.1, 0.15) is 62.3 Å². The van der Waals surface area contributed by atoms with Crippen LogP contribution in [0.4, 0.5) is 5.82 Å². The van der Waals surface area contributed by atoms with Crippen molar-refractivity contribution >= 4 is 34.9 Å². The lowest BCUT2D eigenvalue weighted by molar-refractivity contribution is -0.144. The summed E-state index contributed by atoms with van der Waals surface area (Å²) >= 11 is 12.8. The highest BCUT2D eigenvalue weighted by Gasteiger charge is 2.45. The summed E-state index contributed by atoms with van der Waals surface area (Å²) in [6.07, 6.45) is 10.0. The second-order valence-corrected chi connectivity index (χ2v) is 12.9. The van der Waals surface area contributed by atoms with Gasteiger partial charge in [0.15, 0.2) is 0 Å². The van der Waals surface area contributed by atoms with Crippen LogP contribution >= 0.6 is 23.2 Å². The van der Waals surface area contributed by atoms with E-state index in [9.17, 15) is 4.79 Å². The van der Waals surface area contributed by atoms with Crippen molar-refractivity contribution in [3.63, 3.8) is 0 Å². The zero-order valence-electron chi connectivity index (χ0n) is 23.4. The van der Waals surface area contributed by atoms with E-state index in [4.69, 9.17) is 32.9 Å². The summed E-state index contributed by atoms with van der Waals surface area (Å²) in [7, 11) is 4.02. The van der Waals surface area contributed by atoms with Gasteiger partial charge in [-0.2, -0.15) is 0 Å². The predicted molar refractivity (Wildman–Crippen MR) is 156 cm³/mol. The van der Waals surface area contributed by atoms with Gasteiger partial charge < -0.3 is 14.5 Å². The molecule has 4 aliphatic rings. The van der Waals surface area contributed by atoms with E-state index in [-0.39, 0.29) is 29.7 Å². The predicted octanol–water partition coefficient (Wildman–Crippen LogP) is 3.99. The minimum Gasteiger partial charge on any atom is -0.370 e. The number of piperazine rings is 1. The standard InChI is InChI=1S/C29H39Cl2N7O2/c1-18(27-22(30)14-32-15-23(27)31)40-20-5-6-24-21(12-20)28(35-34-24)19-4-7-25(33-13-19)38-10-8-29(9-11-38)17-36(2)16-26(39)37(29)3/h4,7,13-15,18,20-21,24,28,34-35H,5-6,8-12,16-17H2,1-3H3/t18-,20?,21?,24?,28?/m1/s1. The maximum Gasteiger partial charge on any atom is 0.236 e. The van der Waals surface area contributed by atoms with Gasteiger partial charge in [0, 0.05) is 56.9 Å². The summed E-state index contributed by atoms with van der Waals surface area (Å²) in [4.78, 5) is 28.0. The third-order valence-corrected chi connectivity index (χ3v) is 10.2. The fraction of sp³-hybridized carbons (Fsp3) is 0.621. The van der Waals surface area contributed by atoms with Gasteiger partial charge >= 0.3 is 0 Å². The molecule has 4 unspecified atom stereocenters. The van der Waals surface area contributed by atoms with Crippen molar-refractivity contribution in [3.05, 3.63) is 51.9 Å². The van der Waals surface area contributed by atoms with Gasteiger partial charge in [-0.1, -0.05) is 29.3 Å². The van der Waals surface area contributed by atoms with E-state index in [1.54, 1.807) is 12.4 Å². The van der Waals surface area contributed by atoms with E-state index >= 15 is 0 Å². The van der Waals surface area contributed by atoms with Gasteiger partial charge in [-0.25, -0.2) is 10.4 Å². The fourth-order valence-corrected chi connectivity index (χ4v) is 7.99. The van der Waals surface area contributed by atoms with Gasteiger partial charge in [0.25, 0.3) is 0 Å². The summed E-state index contributed by atoms with van der Waals surface area (Å²) in [5.74, 6) is 1.62. The first kappa shape index (κ1) is 28.1. The number of nitrogens with zero attached hydrogens (tertiary/aromatic N) is 5. The first-order valence-corrected chi connectivity index (χ1v) is 15.1. The highest BCUT2D eigenvalue weighted by Crippen LogP contribution is 2.41. The van der Waals surface area contributed by atoms with Crippen molar-refractivity contribution < 1.29 is 9.53 Å². The monoisotopic (exact) mass is 587 g/mol. The van der Waals surface area contributed by atoms with Crippen LogP contribution in [0.15, 0.2) is 30.7 Å². The zero-order chi connectivity index (χ0) is 28.0. The number of carbonyl (C=O) groups is 1. The molecular weight excluding hydrogens is 549 g/mol. The molecule has 0 aromatic carbocycles. The first-order valence-electron chi connectivity index (χ1n) is 14.4. The number of halogens is 2. The fourth-order valence-electron chi connectivity index (χ4n) is 7.32. The van der Waals surface area contributed by atoms with Crippen LogP contribution in [0.3, 0.4) is 0 Å². The number of anilines is 1. The molecule has 3 aliphatic heterocycles. The molecule has 6 rings (SSSR count). The second-order valence-electron chi connectivity index (χ2n) is 12.1. The zero-order valence-corrected chi connectivity index (χ0v) is 25.0. The molecule has 0 radical (unpaired) electrons. The molecule has 0 bridgehead atoms. The maximum atomic E-state index is 12.5. The normalized spacial score (nSPS) is 29.6. The number of hydrazine groups is 1. The van der Waals surface area contributed by atoms with E-state index in [0.29, 0.717) is 28.5 Å². The average Bonchev–Trinajstić information content (AvgIpc) is 3.35. The minimum atomic E-state index is -0.207. The van der Waals surface area contributed by atoms with E-state index in [0.717, 1.165) is 63.1 Å². The lowest BCUT2D eigenvalue weighted by atomic mass is 9.78. The minimum absolute atomic E-state index is 0.0693. The third kappa shape index (κ3) is 5.32. The lowest BCUT2D eigenvalue weighted by Crippen LogP contribution is -2.65. The topological polar surface area (TPSA) is 85.9 Å². The average molecular weight is 589 g/mol. The molecule has 9 nitrogen and oxygen atoms in total. The molecule has 3 saturated heterocycles. The Hall–Kier alpha value is -2.01. The number of carbonyl (C=O) groups excluding carboxylic acids is 1. The second kappa shape index (κ2) is 11.3. The van der Waals surface area contributed by atoms with Gasteiger partial charge in [0.05, 0.1) is 40.4 Å². The number of fused-ring (bicyclic) bond motifs is 1. The summed E-state index contributed by atoms with van der Waals surface area (Å²) in [5, 5.41) is 1.08. The van der Waals surface area contributed by atoms with E-state index in [2.05, 4.69) is 37.8 Å². The van der Waals surface area contributed by atoms with Crippen LogP contribution in [0.2, 0.25) is 10.0 Å². The summed E-state index contributed by atoms with van der Waals surface area (Å²) in [6.45, 7) is 5.25. The van der Waals surface area contributed by atoms with Gasteiger partial charge in [-0.15, -0.1) is 0 Å². The molecule has 11 heteroatoms. The number of hydrogen-bond acceptors (Lipinski definition) is 8. The SMILES string of the molecule is C[C@@H](OC1CCC2NNC(c3ccc(N4CCC5(CC4)CN(C)CC(=O)N5C)nc3)C2C1)c1c(Cl)cncc1Cl. The molecule has 2 aromatic rings. The van der Waals surface area contributed by atoms with Crippen LogP contribution in [-0.2, 0) is 9.53 Å². The Kier molecular flexibility index (Phi) is 7.98. The molecule has 216 valence electrons. The van der Waals surface area contributed by atoms with Crippen LogP contribution in [0.5, 0.6) is 0 Å². The third-order valence-electron chi connectivity index (χ3n) is 9.60. The Labute approximate surface area is 246 Å². The molecule has 1 aliphatic carbocycles. The van der Waals surface area contributed by atoms with Gasteiger partial charge in [-0.3, -0.25) is 20.1 Å². The molecule has 5 heterocycles. The maximum absolute atomic E-state index is 12.5. The Bertz CT molecular complexity index is 1200. The first-order chi connectivity index (χ1) is 19.2. The highest BCUT2D eigenvalue weighted by atomic mass is 35.5. The Balaban J connectivity index is 1.08. The van der Waals surface area contributed by atoms with Crippen LogP contribution < -0.4 is 15.8 Å². The van der Waals surface area contributed by atoms with E-state index in [1.165, 1.54) is 5.56 Å². The Morgan fingerprint density at radius 1 is 1.07 bits per heavy atom. The Morgan fingerprint density at radius 3 is 2.52 bits per heavy atom. The van der Waals surface area contributed by atoms with Crippen molar-refractivity contribution in [1.82, 2.24) is 30.6 Å². The van der Waals surface area contributed by atoms with Crippen molar-refractivity contribution in [2.24, 2.45) is 5.92 Å². The number of rotatable bonds is 5. The Morgan fingerprint density at radius 2 is 1.82 bits per heavy atom. The van der Waals surface area contributed by atoms with Crippen molar-refractivity contribution in [2.75, 3.05) is 45.2 Å². The quantitative estimate of drug-likeness (QED) is 0.543. The van der Waals surface area contributed by atoms with Gasteiger partial charge in [0.2, 0.25) is 5.91 Å². The number of amides is 1. The summed E-state index contributed by atoms with van der Waals surface area (Å²) in [5.41, 5.74) is 8.98. The molecule has 1 saturated carbocycles. The molecule has 4 fully saturated rings. The van der Waals surface area contributed by atoms with Crippen molar-refractivity contribution in [3.8, 4) is 0 Å². The molecular formula is C29H39Cl2N7O2. The molecule has 1 amide bonds. The number of piperidine rings is 1. The lowest BCUT2D eigenvalue weighted by Gasteiger charge is -2.52. The van der Waals surface area contributed by atoms with Crippen LogP contribution in [0, 0.1) is 5.92 Å². The number of likely N-dealkylation sites (N-methyl/N-ethyl adjacent to an activating group) is 2. The van der Waals surface area contributed by atoms with Crippen LogP contribution in [0.25, 0.3) is 0 Å². The smallest absolute Gasteiger partial charge is 0.236 e. The molecule has 5 atom stereocenters. The van der Waals surface area contributed by atoms with Gasteiger partial charge in [0.1, 0.15) is 5.82 Å². The van der Waals surface area contributed by atoms with Crippen LogP contribution in [-0.4, -0.2) is 83.6 Å². The van der Waals surface area contributed by atoms with E-state index in [1.807, 2.05) is 32.1 Å². The number of ether oxygens (including phenoxy) is 1. The number of aromatic nitrogens is 2. The highest BCUT2D eigenvalue weighted by molar-refractivity contribution is 6.35. The van der Waals surface area contributed by atoms with Crippen molar-refractivity contribution in [2.45, 2.75) is 68.9 Å².